The molecule has 2 unspecified atom stereocenters. The lowest BCUT2D eigenvalue weighted by Gasteiger charge is -2.24. The lowest BCUT2D eigenvalue weighted by molar-refractivity contribution is -0.160. The minimum Gasteiger partial charge on any atom is -0.437 e. The van der Waals surface area contributed by atoms with Gasteiger partial charge in [-0.1, -0.05) is 0 Å². The summed E-state index contributed by atoms with van der Waals surface area (Å²) in [6.07, 6.45) is 0. The van der Waals surface area contributed by atoms with Crippen LogP contribution in [0.1, 0.15) is 20.8 Å². The first-order chi connectivity index (χ1) is 8.04. The van der Waals surface area contributed by atoms with Crippen LogP contribution in [0.3, 0.4) is 0 Å². The molecule has 0 spiro atoms. The zero-order valence-electron chi connectivity index (χ0n) is 10.0. The summed E-state index contributed by atoms with van der Waals surface area (Å²) < 4.78 is 44.5. The molecule has 1 fully saturated rings. The second kappa shape index (κ2) is 5.38. The fourth-order valence-electron chi connectivity index (χ4n) is 0.750. The van der Waals surface area contributed by atoms with Crippen LogP contribution in [0.25, 0.3) is 0 Å². The zero-order chi connectivity index (χ0) is 14.0. The van der Waals surface area contributed by atoms with Crippen molar-refractivity contribution in [3.8, 4) is 0 Å². The number of phosphoric acid groups is 2. The molecule has 0 aromatic carbocycles. The Hall–Kier alpha value is -0.270. The molecule has 0 aliphatic carbocycles. The third-order valence-electron chi connectivity index (χ3n) is 1.64. The van der Waals surface area contributed by atoms with Gasteiger partial charge in [-0.25, -0.2) is 13.7 Å². The van der Waals surface area contributed by atoms with Crippen molar-refractivity contribution in [2.75, 3.05) is 13.6 Å². The Morgan fingerprint density at radius 1 is 1.33 bits per heavy atom. The van der Waals surface area contributed by atoms with Crippen molar-refractivity contribution >= 4 is 21.6 Å². The molecule has 0 bridgehead atoms. The molecule has 11 heteroatoms. The minimum atomic E-state index is -4.46. The molecule has 0 amide bonds. The Bertz CT molecular complexity index is 412. The van der Waals surface area contributed by atoms with Gasteiger partial charge in [0.25, 0.3) is 0 Å². The van der Waals surface area contributed by atoms with E-state index < -0.39 is 40.6 Å². The monoisotopic (exact) mass is 304 g/mol. The number of phosphoric ester groups is 2. The highest BCUT2D eigenvalue weighted by atomic mass is 31.3. The van der Waals surface area contributed by atoms with Crippen LogP contribution in [0.2, 0.25) is 0 Å². The molecule has 0 radical (unpaired) electrons. The van der Waals surface area contributed by atoms with E-state index >= 15 is 0 Å². The number of esters is 1. The van der Waals surface area contributed by atoms with E-state index in [1.54, 1.807) is 20.8 Å². The summed E-state index contributed by atoms with van der Waals surface area (Å²) in [7, 11) is -8.72. The predicted octanol–water partition coefficient (Wildman–Crippen LogP) is 1.78. The third-order valence-corrected chi connectivity index (χ3v) is 4.54. The van der Waals surface area contributed by atoms with Crippen LogP contribution in [-0.2, 0) is 36.5 Å². The van der Waals surface area contributed by atoms with Crippen LogP contribution in [-0.4, -0.2) is 24.4 Å². The van der Waals surface area contributed by atoms with Crippen LogP contribution in [0, 0.1) is 5.41 Å². The van der Waals surface area contributed by atoms with Crippen molar-refractivity contribution in [2.45, 2.75) is 20.8 Å². The maximum absolute atomic E-state index is 11.6. The van der Waals surface area contributed by atoms with Crippen molar-refractivity contribution < 1.29 is 41.4 Å². The van der Waals surface area contributed by atoms with Gasteiger partial charge in [0.05, 0.1) is 5.41 Å². The number of hydrogen-bond acceptors (Lipinski definition) is 8. The van der Waals surface area contributed by atoms with Gasteiger partial charge in [-0.15, -0.1) is 0 Å². The van der Waals surface area contributed by atoms with E-state index in [9.17, 15) is 13.9 Å². The van der Waals surface area contributed by atoms with Gasteiger partial charge in [0.1, 0.15) is 0 Å². The lowest BCUT2D eigenvalue weighted by Crippen LogP contribution is -2.24. The first-order valence-corrected chi connectivity index (χ1v) is 7.75. The number of rotatable bonds is 3. The molecule has 9 nitrogen and oxygen atoms in total. The molecule has 1 N–H and O–H groups in total. The van der Waals surface area contributed by atoms with Crippen molar-refractivity contribution in [2.24, 2.45) is 5.41 Å². The molecule has 18 heavy (non-hydrogen) atoms. The predicted molar refractivity (Wildman–Crippen MR) is 57.1 cm³/mol. The topological polar surface area (TPSA) is 118 Å². The molecule has 1 heterocycles. The molecular weight excluding hydrogens is 290 g/mol. The molecule has 0 aromatic heterocycles. The zero-order valence-corrected chi connectivity index (χ0v) is 11.8. The lowest BCUT2D eigenvalue weighted by atomic mass is 9.98. The molecular formula is C7H14O9P2. The number of ether oxygens (including phenoxy) is 1. The van der Waals surface area contributed by atoms with Gasteiger partial charge in [-0.2, -0.15) is 4.31 Å². The summed E-state index contributed by atoms with van der Waals surface area (Å²) in [5.41, 5.74) is -0.762. The number of carbonyl (C=O) groups is 1. The van der Waals surface area contributed by atoms with Gasteiger partial charge in [-0.3, -0.25) is 13.8 Å². The summed E-state index contributed by atoms with van der Waals surface area (Å²) in [6, 6.07) is 0. The molecule has 1 saturated heterocycles. The van der Waals surface area contributed by atoms with E-state index in [2.05, 4.69) is 22.6 Å². The summed E-state index contributed by atoms with van der Waals surface area (Å²) in [5, 5.41) is 0. The third kappa shape index (κ3) is 4.78. The van der Waals surface area contributed by atoms with Crippen LogP contribution < -0.4 is 0 Å². The van der Waals surface area contributed by atoms with Gasteiger partial charge >= 0.3 is 21.6 Å². The van der Waals surface area contributed by atoms with Crippen LogP contribution in [0.15, 0.2) is 0 Å². The van der Waals surface area contributed by atoms with Crippen molar-refractivity contribution in [3.63, 3.8) is 0 Å². The van der Waals surface area contributed by atoms with E-state index in [1.165, 1.54) is 0 Å². The fourth-order valence-corrected chi connectivity index (χ4v) is 3.03. The van der Waals surface area contributed by atoms with Gasteiger partial charge in [-0.05, 0) is 20.8 Å². The molecule has 2 atom stereocenters. The van der Waals surface area contributed by atoms with E-state index in [4.69, 9.17) is 4.89 Å². The van der Waals surface area contributed by atoms with E-state index in [1.807, 2.05) is 0 Å². The molecule has 1 aliphatic rings. The summed E-state index contributed by atoms with van der Waals surface area (Å²) in [5.74, 6) is -0.602. The highest BCUT2D eigenvalue weighted by molar-refractivity contribution is 7.62. The van der Waals surface area contributed by atoms with Crippen LogP contribution in [0.4, 0.5) is 0 Å². The second-order valence-electron chi connectivity index (χ2n) is 4.30. The Kier molecular flexibility index (Phi) is 4.72. The van der Waals surface area contributed by atoms with Crippen LogP contribution >= 0.6 is 15.6 Å². The van der Waals surface area contributed by atoms with Gasteiger partial charge in [0.2, 0.25) is 6.79 Å². The standard InChI is InChI=1S/C7H14O9P2/c1-7(2,3)6(8)12-4-14-18(11)15-5-13-17(9,10)16-18/h4-5H2,1-3H3,(H,9,10). The maximum Gasteiger partial charge on any atom is 0.488 e. The minimum absolute atomic E-state index is 0.602. The van der Waals surface area contributed by atoms with Crippen molar-refractivity contribution in [1.29, 1.82) is 0 Å². The van der Waals surface area contributed by atoms with Gasteiger partial charge < -0.3 is 9.63 Å². The number of carbonyl (C=O) groups excluding carboxylic acids is 1. The SMILES string of the molecule is CC(C)(C)C(=O)OCOP1(=O)OCOP(=O)(O)O1. The van der Waals surface area contributed by atoms with Crippen molar-refractivity contribution in [1.82, 2.24) is 0 Å². The molecule has 0 aromatic rings. The maximum atomic E-state index is 11.6. The highest BCUT2D eigenvalue weighted by Gasteiger charge is 2.43. The largest absolute Gasteiger partial charge is 0.488 e. The van der Waals surface area contributed by atoms with E-state index in [-0.39, 0.29) is 0 Å². The summed E-state index contributed by atoms with van der Waals surface area (Å²) >= 11 is 0. The highest BCUT2D eigenvalue weighted by Crippen LogP contribution is 2.66. The Labute approximate surface area is 104 Å². The van der Waals surface area contributed by atoms with Crippen LogP contribution in [0.5, 0.6) is 0 Å². The molecule has 1 aliphatic heterocycles. The Balaban J connectivity index is 2.46. The summed E-state index contributed by atoms with van der Waals surface area (Å²) in [4.78, 5) is 20.3. The van der Waals surface area contributed by atoms with E-state index in [0.29, 0.717) is 0 Å². The molecule has 106 valence electrons. The normalized spacial score (nSPS) is 33.1. The number of hydrogen-bond donors (Lipinski definition) is 1. The first-order valence-electron chi connectivity index (χ1n) is 4.79. The van der Waals surface area contributed by atoms with Crippen molar-refractivity contribution in [3.05, 3.63) is 0 Å². The van der Waals surface area contributed by atoms with Gasteiger partial charge in [0, 0.05) is 0 Å². The molecule has 0 saturated carbocycles. The quantitative estimate of drug-likeness (QED) is 0.472. The molecule has 1 rings (SSSR count). The van der Waals surface area contributed by atoms with Gasteiger partial charge in [0.15, 0.2) is 6.79 Å². The van der Waals surface area contributed by atoms with E-state index in [0.717, 1.165) is 0 Å². The Morgan fingerprint density at radius 2 is 1.94 bits per heavy atom. The fraction of sp³-hybridized carbons (Fsp3) is 0.857. The Morgan fingerprint density at radius 3 is 2.44 bits per heavy atom. The second-order valence-corrected chi connectivity index (χ2v) is 7.56. The average Bonchev–Trinajstić information content (AvgIpc) is 2.13. The first kappa shape index (κ1) is 15.8. The summed E-state index contributed by atoms with van der Waals surface area (Å²) in [6.45, 7) is 3.38. The average molecular weight is 304 g/mol. The smallest absolute Gasteiger partial charge is 0.437 e.